The van der Waals surface area contributed by atoms with Gasteiger partial charge in [-0.3, -0.25) is 0 Å². The molecular weight excluding hydrogens is 279 g/mol. The zero-order valence-corrected chi connectivity index (χ0v) is 10.3. The Morgan fingerprint density at radius 2 is 2.10 bits per heavy atom. The second-order valence-corrected chi connectivity index (χ2v) is 3.54. The summed E-state index contributed by atoms with van der Waals surface area (Å²) in [6.07, 6.45) is -4.94. The van der Waals surface area contributed by atoms with E-state index in [1.807, 2.05) is 0 Å². The van der Waals surface area contributed by atoms with Crippen molar-refractivity contribution >= 4 is 5.97 Å². The van der Waals surface area contributed by atoms with Crippen molar-refractivity contribution in [1.29, 1.82) is 5.26 Å². The number of aliphatic hydroxyl groups is 1. The summed E-state index contributed by atoms with van der Waals surface area (Å²) in [6, 6.07) is 3.17. The van der Waals surface area contributed by atoms with Gasteiger partial charge in [0, 0.05) is 0 Å². The number of esters is 1. The van der Waals surface area contributed by atoms with Crippen LogP contribution in [0.5, 0.6) is 5.75 Å². The average molecular weight is 289 g/mol. The van der Waals surface area contributed by atoms with Crippen LogP contribution in [0.25, 0.3) is 0 Å². The fourth-order valence-electron chi connectivity index (χ4n) is 1.52. The fraction of sp³-hybridized carbons (Fsp3) is 0.333. The molecule has 0 saturated heterocycles. The predicted molar refractivity (Wildman–Crippen MR) is 59.7 cm³/mol. The van der Waals surface area contributed by atoms with Gasteiger partial charge in [-0.05, 0) is 24.6 Å². The van der Waals surface area contributed by atoms with Crippen LogP contribution < -0.4 is 4.74 Å². The standard InChI is InChI=1S/C12H10F3NO4/c1-2-19-11(18)10-7(5-16)3-9(4-8(10)6-17)20-12(13,14)15/h3-4,17H,2,6H2,1H3. The fourth-order valence-corrected chi connectivity index (χ4v) is 1.52. The van der Waals surface area contributed by atoms with Gasteiger partial charge in [0.1, 0.15) is 11.8 Å². The van der Waals surface area contributed by atoms with Crippen LogP contribution in [0.1, 0.15) is 28.4 Å². The van der Waals surface area contributed by atoms with E-state index in [1.54, 1.807) is 6.07 Å². The zero-order valence-electron chi connectivity index (χ0n) is 10.3. The van der Waals surface area contributed by atoms with Crippen LogP contribution in [0.2, 0.25) is 0 Å². The van der Waals surface area contributed by atoms with Gasteiger partial charge in [-0.15, -0.1) is 13.2 Å². The van der Waals surface area contributed by atoms with E-state index in [1.165, 1.54) is 6.92 Å². The minimum Gasteiger partial charge on any atom is -0.462 e. The van der Waals surface area contributed by atoms with Gasteiger partial charge in [0.15, 0.2) is 0 Å². The number of carbonyl (C=O) groups excluding carboxylic acids is 1. The van der Waals surface area contributed by atoms with Gasteiger partial charge in [-0.1, -0.05) is 0 Å². The van der Waals surface area contributed by atoms with Gasteiger partial charge >= 0.3 is 12.3 Å². The van der Waals surface area contributed by atoms with E-state index in [9.17, 15) is 18.0 Å². The Balaban J connectivity index is 3.33. The predicted octanol–water partition coefficient (Wildman–Crippen LogP) is 2.13. The SMILES string of the molecule is CCOC(=O)c1c(C#N)cc(OC(F)(F)F)cc1CO. The van der Waals surface area contributed by atoms with Crippen molar-refractivity contribution in [3.8, 4) is 11.8 Å². The third kappa shape index (κ3) is 3.86. The highest BCUT2D eigenvalue weighted by molar-refractivity contribution is 5.94. The molecule has 20 heavy (non-hydrogen) atoms. The molecule has 0 aromatic heterocycles. The molecule has 108 valence electrons. The van der Waals surface area contributed by atoms with E-state index in [-0.39, 0.29) is 23.3 Å². The van der Waals surface area contributed by atoms with Gasteiger partial charge in [0.25, 0.3) is 0 Å². The van der Waals surface area contributed by atoms with E-state index in [0.29, 0.717) is 0 Å². The monoisotopic (exact) mass is 289 g/mol. The number of hydrogen-bond donors (Lipinski definition) is 1. The van der Waals surface area contributed by atoms with Crippen molar-refractivity contribution in [2.45, 2.75) is 19.9 Å². The maximum absolute atomic E-state index is 12.1. The van der Waals surface area contributed by atoms with Gasteiger partial charge in [-0.25, -0.2) is 4.79 Å². The zero-order chi connectivity index (χ0) is 15.3. The first-order valence-corrected chi connectivity index (χ1v) is 5.43. The number of alkyl halides is 3. The Morgan fingerprint density at radius 3 is 2.55 bits per heavy atom. The van der Waals surface area contributed by atoms with Crippen molar-refractivity contribution in [2.24, 2.45) is 0 Å². The number of benzene rings is 1. The molecule has 0 bridgehead atoms. The van der Waals surface area contributed by atoms with Crippen LogP contribution in [-0.2, 0) is 11.3 Å². The lowest BCUT2D eigenvalue weighted by Gasteiger charge is -2.13. The van der Waals surface area contributed by atoms with Crippen molar-refractivity contribution in [3.63, 3.8) is 0 Å². The number of nitriles is 1. The van der Waals surface area contributed by atoms with Crippen LogP contribution in [-0.4, -0.2) is 24.0 Å². The molecule has 0 radical (unpaired) electrons. The summed E-state index contributed by atoms with van der Waals surface area (Å²) in [5.74, 6) is -1.59. The number of halogens is 3. The molecule has 1 N–H and O–H groups in total. The Labute approximate surface area is 112 Å². The van der Waals surface area contributed by atoms with Crippen molar-refractivity contribution in [1.82, 2.24) is 0 Å². The Hall–Kier alpha value is -2.27. The summed E-state index contributed by atoms with van der Waals surface area (Å²) in [7, 11) is 0. The van der Waals surface area contributed by atoms with Crippen molar-refractivity contribution in [2.75, 3.05) is 6.61 Å². The van der Waals surface area contributed by atoms with E-state index in [2.05, 4.69) is 9.47 Å². The molecule has 0 aliphatic carbocycles. The molecule has 0 heterocycles. The molecule has 1 aromatic carbocycles. The molecule has 0 fully saturated rings. The number of aliphatic hydroxyl groups excluding tert-OH is 1. The molecule has 0 unspecified atom stereocenters. The third-order valence-electron chi connectivity index (χ3n) is 2.20. The minimum atomic E-state index is -4.94. The van der Waals surface area contributed by atoms with Crippen molar-refractivity contribution in [3.05, 3.63) is 28.8 Å². The summed E-state index contributed by atoms with van der Waals surface area (Å²) >= 11 is 0. The second-order valence-electron chi connectivity index (χ2n) is 3.54. The molecule has 8 heteroatoms. The molecule has 0 aliphatic rings. The first-order valence-electron chi connectivity index (χ1n) is 5.43. The third-order valence-corrected chi connectivity index (χ3v) is 2.20. The van der Waals surface area contributed by atoms with E-state index >= 15 is 0 Å². The lowest BCUT2D eigenvalue weighted by molar-refractivity contribution is -0.274. The first-order chi connectivity index (χ1) is 9.32. The smallest absolute Gasteiger partial charge is 0.462 e. The number of carbonyl (C=O) groups is 1. The molecule has 0 spiro atoms. The number of hydrogen-bond acceptors (Lipinski definition) is 5. The lowest BCUT2D eigenvalue weighted by Crippen LogP contribution is -2.18. The number of nitrogens with zero attached hydrogens (tertiary/aromatic N) is 1. The highest BCUT2D eigenvalue weighted by Gasteiger charge is 2.32. The van der Waals surface area contributed by atoms with Crippen LogP contribution in [0.4, 0.5) is 13.2 Å². The van der Waals surface area contributed by atoms with Gasteiger partial charge < -0.3 is 14.6 Å². The Morgan fingerprint density at radius 1 is 1.45 bits per heavy atom. The minimum absolute atomic E-state index is 0.0232. The average Bonchev–Trinajstić information content (AvgIpc) is 2.35. The summed E-state index contributed by atoms with van der Waals surface area (Å²) < 4.78 is 44.8. The quantitative estimate of drug-likeness (QED) is 0.859. The largest absolute Gasteiger partial charge is 0.573 e. The summed E-state index contributed by atoms with van der Waals surface area (Å²) in [5.41, 5.74) is -0.817. The van der Waals surface area contributed by atoms with Gasteiger partial charge in [0.2, 0.25) is 0 Å². The van der Waals surface area contributed by atoms with Gasteiger partial charge in [-0.2, -0.15) is 5.26 Å². The van der Waals surface area contributed by atoms with Crippen LogP contribution in [0, 0.1) is 11.3 Å². The summed E-state index contributed by atoms with van der Waals surface area (Å²) in [4.78, 5) is 11.7. The number of ether oxygens (including phenoxy) is 2. The van der Waals surface area contributed by atoms with Crippen molar-refractivity contribution < 1.29 is 32.5 Å². The van der Waals surface area contributed by atoms with Crippen LogP contribution in [0.3, 0.4) is 0 Å². The number of rotatable bonds is 4. The molecule has 1 rings (SSSR count). The molecule has 0 atom stereocenters. The topological polar surface area (TPSA) is 79.6 Å². The Bertz CT molecular complexity index is 549. The maximum atomic E-state index is 12.1. The molecule has 5 nitrogen and oxygen atoms in total. The molecule has 0 amide bonds. The lowest BCUT2D eigenvalue weighted by atomic mass is 10.0. The van der Waals surface area contributed by atoms with Crippen LogP contribution in [0.15, 0.2) is 12.1 Å². The highest BCUT2D eigenvalue weighted by Crippen LogP contribution is 2.28. The second kappa shape index (κ2) is 6.25. The van der Waals surface area contributed by atoms with E-state index in [4.69, 9.17) is 10.4 Å². The first kappa shape index (κ1) is 15.8. The van der Waals surface area contributed by atoms with E-state index < -0.39 is 24.7 Å². The molecular formula is C12H10F3NO4. The molecule has 0 saturated carbocycles. The Kier molecular flexibility index (Phi) is 4.94. The van der Waals surface area contributed by atoms with Crippen LogP contribution >= 0.6 is 0 Å². The normalized spacial score (nSPS) is 10.8. The summed E-state index contributed by atoms with van der Waals surface area (Å²) in [6.45, 7) is 0.816. The summed E-state index contributed by atoms with van der Waals surface area (Å²) in [5, 5.41) is 18.0. The van der Waals surface area contributed by atoms with Gasteiger partial charge in [0.05, 0.1) is 24.3 Å². The van der Waals surface area contributed by atoms with E-state index in [0.717, 1.165) is 12.1 Å². The highest BCUT2D eigenvalue weighted by atomic mass is 19.4. The maximum Gasteiger partial charge on any atom is 0.573 e. The molecule has 1 aromatic rings. The molecule has 0 aliphatic heterocycles.